The predicted octanol–water partition coefficient (Wildman–Crippen LogP) is 2.22. The highest BCUT2D eigenvalue weighted by Crippen LogP contribution is 2.34. The van der Waals surface area contributed by atoms with Crippen LogP contribution in [0.2, 0.25) is 0 Å². The Morgan fingerprint density at radius 3 is 2.83 bits per heavy atom. The van der Waals surface area contributed by atoms with E-state index < -0.39 is 0 Å². The van der Waals surface area contributed by atoms with E-state index in [1.807, 2.05) is 12.4 Å². The van der Waals surface area contributed by atoms with Crippen molar-refractivity contribution < 1.29 is 4.74 Å². The molecule has 0 N–H and O–H groups in total. The molecule has 1 unspecified atom stereocenters. The minimum Gasteiger partial charge on any atom is -0.381 e. The largest absolute Gasteiger partial charge is 0.381 e. The van der Waals surface area contributed by atoms with Crippen LogP contribution in [0.3, 0.4) is 0 Å². The summed E-state index contributed by atoms with van der Waals surface area (Å²) in [6, 6.07) is 4.16. The molecule has 24 heavy (non-hydrogen) atoms. The lowest BCUT2D eigenvalue weighted by atomic mass is 9.98. The molecule has 6 heteroatoms. The van der Waals surface area contributed by atoms with Gasteiger partial charge in [-0.3, -0.25) is 9.88 Å². The van der Waals surface area contributed by atoms with E-state index in [9.17, 15) is 0 Å². The number of aromatic nitrogens is 4. The molecule has 1 atom stereocenters. The zero-order valence-corrected chi connectivity index (χ0v) is 14.3. The third-order valence-electron chi connectivity index (χ3n) is 4.89. The molecule has 0 bridgehead atoms. The Hall–Kier alpha value is -1.79. The van der Waals surface area contributed by atoms with Crippen LogP contribution in [-0.2, 0) is 24.4 Å². The van der Waals surface area contributed by atoms with Gasteiger partial charge in [-0.2, -0.15) is 0 Å². The van der Waals surface area contributed by atoms with E-state index in [1.165, 1.54) is 24.1 Å². The monoisotopic (exact) mass is 327 g/mol. The van der Waals surface area contributed by atoms with Crippen LogP contribution in [0.1, 0.15) is 42.6 Å². The maximum atomic E-state index is 5.77. The van der Waals surface area contributed by atoms with Gasteiger partial charge >= 0.3 is 0 Å². The molecule has 1 saturated carbocycles. The van der Waals surface area contributed by atoms with Gasteiger partial charge < -0.3 is 4.74 Å². The van der Waals surface area contributed by atoms with Crippen molar-refractivity contribution in [3.05, 3.63) is 41.5 Å². The molecule has 0 saturated heterocycles. The Morgan fingerprint density at radius 2 is 2.08 bits per heavy atom. The molecular formula is C18H25N5O. The zero-order valence-electron chi connectivity index (χ0n) is 14.3. The molecule has 1 aliphatic carbocycles. The summed E-state index contributed by atoms with van der Waals surface area (Å²) in [5.74, 6) is 1.16. The second-order valence-electron chi connectivity index (χ2n) is 6.93. The van der Waals surface area contributed by atoms with Crippen LogP contribution in [0, 0.1) is 5.92 Å². The molecule has 0 radical (unpaired) electrons. The van der Waals surface area contributed by atoms with E-state index in [0.717, 1.165) is 51.0 Å². The molecule has 2 aromatic rings. The molecule has 3 heterocycles. The number of hydrogen-bond acceptors (Lipinski definition) is 5. The van der Waals surface area contributed by atoms with Gasteiger partial charge in [0.1, 0.15) is 5.69 Å². The highest BCUT2D eigenvalue weighted by molar-refractivity contribution is 5.21. The first-order valence-corrected chi connectivity index (χ1v) is 8.94. The first-order chi connectivity index (χ1) is 11.8. The van der Waals surface area contributed by atoms with Crippen molar-refractivity contribution in [1.82, 2.24) is 24.9 Å². The third kappa shape index (κ3) is 3.49. The van der Waals surface area contributed by atoms with Crippen molar-refractivity contribution in [3.8, 4) is 0 Å². The molecule has 1 fully saturated rings. The minimum atomic E-state index is 0.351. The molecule has 4 rings (SSSR count). The quantitative estimate of drug-likeness (QED) is 0.780. The van der Waals surface area contributed by atoms with E-state index in [2.05, 4.69) is 43.9 Å². The molecule has 6 nitrogen and oxygen atoms in total. The van der Waals surface area contributed by atoms with Gasteiger partial charge in [-0.15, -0.1) is 5.10 Å². The van der Waals surface area contributed by atoms with Crippen LogP contribution in [-0.4, -0.2) is 44.6 Å². The molecule has 128 valence electrons. The molecule has 0 amide bonds. The fourth-order valence-electron chi connectivity index (χ4n) is 3.53. The predicted molar refractivity (Wildman–Crippen MR) is 90.3 cm³/mol. The summed E-state index contributed by atoms with van der Waals surface area (Å²) in [6.07, 6.45) is 6.38. The summed E-state index contributed by atoms with van der Waals surface area (Å²) >= 11 is 0. The SMILES string of the molecule is CCOCC1CN(Cc2ccncc2)Cc2nnn(CC3CC3)c21. The Bertz CT molecular complexity index is 667. The van der Waals surface area contributed by atoms with E-state index >= 15 is 0 Å². The van der Waals surface area contributed by atoms with Crippen LogP contribution >= 0.6 is 0 Å². The summed E-state index contributed by atoms with van der Waals surface area (Å²) in [5.41, 5.74) is 3.72. The smallest absolute Gasteiger partial charge is 0.100 e. The Kier molecular flexibility index (Phi) is 4.58. The fraction of sp³-hybridized carbons (Fsp3) is 0.611. The number of nitrogens with zero attached hydrogens (tertiary/aromatic N) is 5. The number of fused-ring (bicyclic) bond motifs is 1. The van der Waals surface area contributed by atoms with Crippen LogP contribution < -0.4 is 0 Å². The second kappa shape index (κ2) is 6.99. The van der Waals surface area contributed by atoms with Gasteiger partial charge in [-0.1, -0.05) is 5.21 Å². The molecule has 0 spiro atoms. The van der Waals surface area contributed by atoms with E-state index in [0.29, 0.717) is 5.92 Å². The molecular weight excluding hydrogens is 302 g/mol. The topological polar surface area (TPSA) is 56.1 Å². The van der Waals surface area contributed by atoms with Crippen LogP contribution in [0.25, 0.3) is 0 Å². The Balaban J connectivity index is 1.53. The summed E-state index contributed by atoms with van der Waals surface area (Å²) < 4.78 is 7.92. The van der Waals surface area contributed by atoms with Gasteiger partial charge in [-0.05, 0) is 43.4 Å². The highest BCUT2D eigenvalue weighted by atomic mass is 16.5. The maximum Gasteiger partial charge on any atom is 0.100 e. The lowest BCUT2D eigenvalue weighted by Gasteiger charge is -2.32. The van der Waals surface area contributed by atoms with Crippen LogP contribution in [0.4, 0.5) is 0 Å². The fourth-order valence-corrected chi connectivity index (χ4v) is 3.53. The summed E-state index contributed by atoms with van der Waals surface area (Å²) in [5, 5.41) is 8.94. The summed E-state index contributed by atoms with van der Waals surface area (Å²) in [7, 11) is 0. The van der Waals surface area contributed by atoms with Gasteiger partial charge in [0.15, 0.2) is 0 Å². The lowest BCUT2D eigenvalue weighted by Crippen LogP contribution is -2.36. The van der Waals surface area contributed by atoms with Crippen molar-refractivity contribution in [2.45, 2.75) is 45.3 Å². The van der Waals surface area contributed by atoms with Crippen LogP contribution in [0.15, 0.2) is 24.5 Å². The molecule has 1 aliphatic heterocycles. The van der Waals surface area contributed by atoms with Crippen LogP contribution in [0.5, 0.6) is 0 Å². The van der Waals surface area contributed by atoms with Gasteiger partial charge in [0, 0.05) is 51.1 Å². The second-order valence-corrected chi connectivity index (χ2v) is 6.93. The average Bonchev–Trinajstić information content (AvgIpc) is 3.33. The van der Waals surface area contributed by atoms with E-state index in [4.69, 9.17) is 4.74 Å². The molecule has 2 aliphatic rings. The summed E-state index contributed by atoms with van der Waals surface area (Å²) in [4.78, 5) is 6.54. The van der Waals surface area contributed by atoms with Gasteiger partial charge in [0.25, 0.3) is 0 Å². The standard InChI is InChI=1S/C18H25N5O/c1-2-24-13-16-11-22(9-15-5-7-19-8-6-15)12-17-18(16)23(21-20-17)10-14-3-4-14/h5-8,14,16H,2-4,9-13H2,1H3. The lowest BCUT2D eigenvalue weighted by molar-refractivity contribution is 0.101. The van der Waals surface area contributed by atoms with Crippen molar-refractivity contribution in [3.63, 3.8) is 0 Å². The first kappa shape index (κ1) is 15.7. The van der Waals surface area contributed by atoms with E-state index in [-0.39, 0.29) is 0 Å². The van der Waals surface area contributed by atoms with Crippen molar-refractivity contribution >= 4 is 0 Å². The Labute approximate surface area is 142 Å². The molecule has 0 aromatic carbocycles. The average molecular weight is 327 g/mol. The maximum absolute atomic E-state index is 5.77. The zero-order chi connectivity index (χ0) is 16.4. The normalized spacial score (nSPS) is 21.0. The number of pyridine rings is 1. The Morgan fingerprint density at radius 1 is 1.25 bits per heavy atom. The number of ether oxygens (including phenoxy) is 1. The van der Waals surface area contributed by atoms with Crippen molar-refractivity contribution in [1.29, 1.82) is 0 Å². The minimum absolute atomic E-state index is 0.351. The van der Waals surface area contributed by atoms with E-state index in [1.54, 1.807) is 0 Å². The van der Waals surface area contributed by atoms with Crippen molar-refractivity contribution in [2.75, 3.05) is 19.8 Å². The number of hydrogen-bond donors (Lipinski definition) is 0. The first-order valence-electron chi connectivity index (χ1n) is 8.94. The van der Waals surface area contributed by atoms with Gasteiger partial charge in [0.05, 0.1) is 12.3 Å². The summed E-state index contributed by atoms with van der Waals surface area (Å²) in [6.45, 7) is 7.35. The third-order valence-corrected chi connectivity index (χ3v) is 4.89. The highest BCUT2D eigenvalue weighted by Gasteiger charge is 2.33. The molecule has 2 aromatic heterocycles. The van der Waals surface area contributed by atoms with Crippen molar-refractivity contribution in [2.24, 2.45) is 5.92 Å². The number of rotatable bonds is 7. The van der Waals surface area contributed by atoms with Gasteiger partial charge in [-0.25, -0.2) is 4.68 Å². The van der Waals surface area contributed by atoms with Gasteiger partial charge in [0.2, 0.25) is 0 Å².